The van der Waals surface area contributed by atoms with Gasteiger partial charge in [0.05, 0.1) is 0 Å². The zero-order valence-corrected chi connectivity index (χ0v) is 12.2. The quantitative estimate of drug-likeness (QED) is 0.885. The highest BCUT2D eigenvalue weighted by molar-refractivity contribution is 6.30. The number of hydrogen-bond acceptors (Lipinski definition) is 2. The van der Waals surface area contributed by atoms with Crippen LogP contribution < -0.4 is 10.1 Å². The molecule has 0 aliphatic carbocycles. The van der Waals surface area contributed by atoms with Crippen molar-refractivity contribution >= 4 is 11.6 Å². The van der Waals surface area contributed by atoms with Crippen molar-refractivity contribution in [3.63, 3.8) is 0 Å². The molecule has 0 aliphatic heterocycles. The molecule has 0 amide bonds. The first-order valence-electron chi connectivity index (χ1n) is 6.44. The van der Waals surface area contributed by atoms with Crippen molar-refractivity contribution in [2.75, 3.05) is 7.05 Å². The van der Waals surface area contributed by atoms with E-state index in [-0.39, 0.29) is 17.6 Å². The third kappa shape index (κ3) is 3.71. The Kier molecular flexibility index (Phi) is 4.99. The predicted octanol–water partition coefficient (Wildman–Crippen LogP) is 4.34. The maximum atomic E-state index is 13.9. The van der Waals surface area contributed by atoms with E-state index in [2.05, 4.69) is 5.32 Å². The van der Waals surface area contributed by atoms with E-state index in [9.17, 15) is 4.39 Å². The second-order valence-electron chi connectivity index (χ2n) is 4.62. The van der Waals surface area contributed by atoms with Crippen molar-refractivity contribution < 1.29 is 9.13 Å². The minimum absolute atomic E-state index is 0.106. The molecule has 0 aromatic heterocycles. The lowest BCUT2D eigenvalue weighted by molar-refractivity contribution is 0.290. The lowest BCUT2D eigenvalue weighted by Gasteiger charge is -2.13. The standard InChI is InChI=1S/C16H17ClFNO/c1-11(19-2)13-5-8-16(15(18)9-13)20-10-12-3-6-14(17)7-4-12/h3-9,11,19H,10H2,1-2H3. The molecule has 0 saturated heterocycles. The lowest BCUT2D eigenvalue weighted by atomic mass is 10.1. The summed E-state index contributed by atoms with van der Waals surface area (Å²) in [4.78, 5) is 0. The van der Waals surface area contributed by atoms with Gasteiger partial charge in [0.2, 0.25) is 0 Å². The highest BCUT2D eigenvalue weighted by Gasteiger charge is 2.08. The van der Waals surface area contributed by atoms with Crippen molar-refractivity contribution in [3.8, 4) is 5.75 Å². The molecule has 0 saturated carbocycles. The molecule has 0 radical (unpaired) electrons. The van der Waals surface area contributed by atoms with E-state index in [1.54, 1.807) is 18.2 Å². The predicted molar refractivity (Wildman–Crippen MR) is 79.7 cm³/mol. The van der Waals surface area contributed by atoms with Gasteiger partial charge in [-0.25, -0.2) is 4.39 Å². The zero-order valence-electron chi connectivity index (χ0n) is 11.5. The summed E-state index contributed by atoms with van der Waals surface area (Å²) in [5.74, 6) is -0.0921. The Hall–Kier alpha value is -1.58. The Morgan fingerprint density at radius 2 is 1.90 bits per heavy atom. The van der Waals surface area contributed by atoms with Crippen LogP contribution in [0.25, 0.3) is 0 Å². The molecular formula is C16H17ClFNO. The number of benzene rings is 2. The molecule has 1 atom stereocenters. The maximum Gasteiger partial charge on any atom is 0.165 e. The molecule has 0 fully saturated rings. The van der Waals surface area contributed by atoms with E-state index in [1.165, 1.54) is 6.07 Å². The Balaban J connectivity index is 2.04. The van der Waals surface area contributed by atoms with Gasteiger partial charge in [-0.15, -0.1) is 0 Å². The molecular weight excluding hydrogens is 277 g/mol. The topological polar surface area (TPSA) is 21.3 Å². The fourth-order valence-electron chi connectivity index (χ4n) is 1.81. The zero-order chi connectivity index (χ0) is 14.5. The first kappa shape index (κ1) is 14.8. The molecule has 2 nitrogen and oxygen atoms in total. The van der Waals surface area contributed by atoms with Crippen LogP contribution >= 0.6 is 11.6 Å². The van der Waals surface area contributed by atoms with E-state index in [0.717, 1.165) is 11.1 Å². The Bertz CT molecular complexity index is 571. The molecule has 0 aliphatic rings. The highest BCUT2D eigenvalue weighted by atomic mass is 35.5. The van der Waals surface area contributed by atoms with Crippen molar-refractivity contribution in [2.24, 2.45) is 0 Å². The minimum Gasteiger partial charge on any atom is -0.486 e. The third-order valence-electron chi connectivity index (χ3n) is 3.20. The van der Waals surface area contributed by atoms with E-state index < -0.39 is 0 Å². The first-order chi connectivity index (χ1) is 9.60. The summed E-state index contributed by atoms with van der Waals surface area (Å²) < 4.78 is 19.4. The Morgan fingerprint density at radius 1 is 1.20 bits per heavy atom. The van der Waals surface area contributed by atoms with Gasteiger partial charge in [-0.2, -0.15) is 0 Å². The van der Waals surface area contributed by atoms with E-state index in [0.29, 0.717) is 11.6 Å². The summed E-state index contributed by atoms with van der Waals surface area (Å²) in [5.41, 5.74) is 1.84. The number of hydrogen-bond donors (Lipinski definition) is 1. The Morgan fingerprint density at radius 3 is 2.50 bits per heavy atom. The van der Waals surface area contributed by atoms with Gasteiger partial charge in [-0.1, -0.05) is 29.8 Å². The molecule has 2 rings (SSSR count). The van der Waals surface area contributed by atoms with Gasteiger partial charge in [0, 0.05) is 11.1 Å². The molecule has 1 N–H and O–H groups in total. The van der Waals surface area contributed by atoms with Gasteiger partial charge in [-0.05, 0) is 49.4 Å². The highest BCUT2D eigenvalue weighted by Crippen LogP contribution is 2.23. The van der Waals surface area contributed by atoms with Gasteiger partial charge in [0.1, 0.15) is 6.61 Å². The van der Waals surface area contributed by atoms with Crippen LogP contribution in [0.3, 0.4) is 0 Å². The van der Waals surface area contributed by atoms with Gasteiger partial charge in [0.25, 0.3) is 0 Å². The normalized spacial score (nSPS) is 12.2. The molecule has 4 heteroatoms. The van der Waals surface area contributed by atoms with Crippen LogP contribution in [0.1, 0.15) is 24.1 Å². The summed E-state index contributed by atoms with van der Waals surface area (Å²) in [7, 11) is 1.84. The van der Waals surface area contributed by atoms with E-state index in [1.807, 2.05) is 32.2 Å². The lowest BCUT2D eigenvalue weighted by Crippen LogP contribution is -2.12. The van der Waals surface area contributed by atoms with Crippen LogP contribution in [0.2, 0.25) is 5.02 Å². The summed E-state index contributed by atoms with van der Waals surface area (Å²) in [6.07, 6.45) is 0. The van der Waals surface area contributed by atoms with Crippen molar-refractivity contribution in [1.82, 2.24) is 5.32 Å². The molecule has 0 spiro atoms. The largest absolute Gasteiger partial charge is 0.486 e. The van der Waals surface area contributed by atoms with Crippen LogP contribution in [-0.4, -0.2) is 7.05 Å². The second-order valence-corrected chi connectivity index (χ2v) is 5.05. The number of halogens is 2. The minimum atomic E-state index is -0.349. The molecule has 2 aromatic carbocycles. The summed E-state index contributed by atoms with van der Waals surface area (Å²) in [6, 6.07) is 12.4. The first-order valence-corrected chi connectivity index (χ1v) is 6.82. The molecule has 0 bridgehead atoms. The van der Waals surface area contributed by atoms with Crippen LogP contribution in [0.15, 0.2) is 42.5 Å². The fraction of sp³-hybridized carbons (Fsp3) is 0.250. The van der Waals surface area contributed by atoms with Gasteiger partial charge in [0.15, 0.2) is 11.6 Å². The van der Waals surface area contributed by atoms with E-state index >= 15 is 0 Å². The molecule has 20 heavy (non-hydrogen) atoms. The summed E-state index contributed by atoms with van der Waals surface area (Å²) in [5, 5.41) is 3.74. The smallest absolute Gasteiger partial charge is 0.165 e. The monoisotopic (exact) mass is 293 g/mol. The summed E-state index contributed by atoms with van der Waals surface area (Å²) in [6.45, 7) is 2.29. The number of rotatable bonds is 5. The van der Waals surface area contributed by atoms with Crippen molar-refractivity contribution in [1.29, 1.82) is 0 Å². The van der Waals surface area contributed by atoms with Crippen LogP contribution in [0.4, 0.5) is 4.39 Å². The number of nitrogens with one attached hydrogen (secondary N) is 1. The third-order valence-corrected chi connectivity index (χ3v) is 3.45. The van der Waals surface area contributed by atoms with Gasteiger partial charge < -0.3 is 10.1 Å². The molecule has 0 heterocycles. The van der Waals surface area contributed by atoms with E-state index in [4.69, 9.17) is 16.3 Å². The second kappa shape index (κ2) is 6.73. The number of ether oxygens (including phenoxy) is 1. The van der Waals surface area contributed by atoms with Gasteiger partial charge >= 0.3 is 0 Å². The van der Waals surface area contributed by atoms with Crippen LogP contribution in [0, 0.1) is 5.82 Å². The molecule has 106 valence electrons. The fourth-order valence-corrected chi connectivity index (χ4v) is 1.94. The Labute approximate surface area is 123 Å². The maximum absolute atomic E-state index is 13.9. The van der Waals surface area contributed by atoms with Crippen molar-refractivity contribution in [3.05, 3.63) is 64.4 Å². The molecule has 2 aromatic rings. The molecule has 1 unspecified atom stereocenters. The van der Waals surface area contributed by atoms with Crippen LogP contribution in [0.5, 0.6) is 5.75 Å². The SMILES string of the molecule is CNC(C)c1ccc(OCc2ccc(Cl)cc2)c(F)c1. The average Bonchev–Trinajstić information content (AvgIpc) is 2.46. The van der Waals surface area contributed by atoms with Crippen LogP contribution in [-0.2, 0) is 6.61 Å². The summed E-state index contributed by atoms with van der Waals surface area (Å²) >= 11 is 5.81. The van der Waals surface area contributed by atoms with Gasteiger partial charge in [-0.3, -0.25) is 0 Å². The van der Waals surface area contributed by atoms with Crippen molar-refractivity contribution in [2.45, 2.75) is 19.6 Å². The average molecular weight is 294 g/mol.